The average Bonchev–Trinajstić information content (AvgIpc) is 3.07. The standard InChI is InChI=1S/C20H21NO3S2/c1-15(21-12-16-3-6-19(24-2)7-4-16)13-26(22,23)14-17-5-8-20-18(11-17)9-10-25-20/h3-12,15H,13-14H2,1-2H3. The van der Waals surface area contributed by atoms with Crippen LogP contribution in [0.15, 0.2) is 58.9 Å². The average molecular weight is 388 g/mol. The summed E-state index contributed by atoms with van der Waals surface area (Å²) in [6.07, 6.45) is 1.71. The highest BCUT2D eigenvalue weighted by atomic mass is 32.2. The summed E-state index contributed by atoms with van der Waals surface area (Å²) in [5, 5.41) is 3.10. The predicted octanol–water partition coefficient (Wildman–Crippen LogP) is 4.33. The van der Waals surface area contributed by atoms with Crippen LogP contribution in [0.2, 0.25) is 0 Å². The van der Waals surface area contributed by atoms with Crippen LogP contribution >= 0.6 is 11.3 Å². The number of thiophene rings is 1. The Labute approximate surface area is 158 Å². The van der Waals surface area contributed by atoms with Crippen LogP contribution in [0.25, 0.3) is 10.1 Å². The number of sulfone groups is 1. The molecule has 0 N–H and O–H groups in total. The minimum absolute atomic E-state index is 0.0291. The highest BCUT2D eigenvalue weighted by Gasteiger charge is 2.16. The van der Waals surface area contributed by atoms with Gasteiger partial charge in [-0.1, -0.05) is 6.07 Å². The van der Waals surface area contributed by atoms with E-state index in [-0.39, 0.29) is 17.5 Å². The first-order chi connectivity index (χ1) is 12.4. The molecule has 0 amide bonds. The molecule has 0 radical (unpaired) electrons. The fraction of sp³-hybridized carbons (Fsp3) is 0.250. The van der Waals surface area contributed by atoms with E-state index in [0.29, 0.717) is 0 Å². The zero-order chi connectivity index (χ0) is 18.6. The maximum atomic E-state index is 12.5. The third-order valence-electron chi connectivity index (χ3n) is 3.99. The fourth-order valence-electron chi connectivity index (χ4n) is 2.73. The predicted molar refractivity (Wildman–Crippen MR) is 109 cm³/mol. The summed E-state index contributed by atoms with van der Waals surface area (Å²) in [5.41, 5.74) is 1.74. The van der Waals surface area contributed by atoms with Gasteiger partial charge in [0.2, 0.25) is 0 Å². The molecule has 1 aromatic heterocycles. The molecule has 0 saturated carbocycles. The first-order valence-electron chi connectivity index (χ1n) is 8.29. The zero-order valence-corrected chi connectivity index (χ0v) is 16.4. The lowest BCUT2D eigenvalue weighted by Gasteiger charge is -2.08. The van der Waals surface area contributed by atoms with Gasteiger partial charge in [0.25, 0.3) is 0 Å². The lowest BCUT2D eigenvalue weighted by Crippen LogP contribution is -2.18. The Bertz CT molecular complexity index is 1000. The number of nitrogens with zero attached hydrogens (tertiary/aromatic N) is 1. The van der Waals surface area contributed by atoms with Crippen molar-refractivity contribution in [1.82, 2.24) is 0 Å². The van der Waals surface area contributed by atoms with Crippen LogP contribution < -0.4 is 4.74 Å². The number of methoxy groups -OCH3 is 1. The molecule has 3 rings (SSSR count). The van der Waals surface area contributed by atoms with E-state index in [1.165, 1.54) is 4.70 Å². The summed E-state index contributed by atoms with van der Waals surface area (Å²) >= 11 is 1.65. The largest absolute Gasteiger partial charge is 0.497 e. The lowest BCUT2D eigenvalue weighted by atomic mass is 10.2. The van der Waals surface area contributed by atoms with Gasteiger partial charge in [0, 0.05) is 10.9 Å². The van der Waals surface area contributed by atoms with Crippen LogP contribution in [0.1, 0.15) is 18.1 Å². The van der Waals surface area contributed by atoms with Crippen LogP contribution in [0.5, 0.6) is 5.75 Å². The van der Waals surface area contributed by atoms with Crippen molar-refractivity contribution in [2.75, 3.05) is 12.9 Å². The zero-order valence-electron chi connectivity index (χ0n) is 14.8. The summed E-state index contributed by atoms with van der Waals surface area (Å²) in [5.74, 6) is 0.850. The van der Waals surface area contributed by atoms with Gasteiger partial charge in [-0.05, 0) is 71.3 Å². The van der Waals surface area contributed by atoms with E-state index in [4.69, 9.17) is 4.74 Å². The lowest BCUT2D eigenvalue weighted by molar-refractivity contribution is 0.415. The van der Waals surface area contributed by atoms with E-state index in [9.17, 15) is 8.42 Å². The van der Waals surface area contributed by atoms with Crippen LogP contribution in [0.4, 0.5) is 0 Å². The molecule has 1 unspecified atom stereocenters. The van der Waals surface area contributed by atoms with Crippen molar-refractivity contribution < 1.29 is 13.2 Å². The van der Waals surface area contributed by atoms with Gasteiger partial charge in [-0.3, -0.25) is 4.99 Å². The minimum atomic E-state index is -3.23. The fourth-order valence-corrected chi connectivity index (χ4v) is 5.13. The normalized spacial score (nSPS) is 13.3. The molecule has 136 valence electrons. The van der Waals surface area contributed by atoms with Crippen LogP contribution in [-0.4, -0.2) is 33.5 Å². The summed E-state index contributed by atoms with van der Waals surface area (Å²) in [6, 6.07) is 15.0. The topological polar surface area (TPSA) is 55.7 Å². The SMILES string of the molecule is COc1ccc(C=NC(C)CS(=O)(=O)Cc2ccc3sccc3c2)cc1. The Hall–Kier alpha value is -2.18. The molecule has 0 spiro atoms. The molecule has 0 aliphatic heterocycles. The number of hydrogen-bond acceptors (Lipinski definition) is 5. The molecular weight excluding hydrogens is 366 g/mol. The first kappa shape index (κ1) is 18.6. The Morgan fingerprint density at radius 2 is 1.92 bits per heavy atom. The molecule has 6 heteroatoms. The van der Waals surface area contributed by atoms with Crippen LogP contribution in [0.3, 0.4) is 0 Å². The second-order valence-corrected chi connectivity index (χ2v) is 9.30. The first-order valence-corrected chi connectivity index (χ1v) is 11.0. The number of hydrogen-bond donors (Lipinski definition) is 0. The molecule has 0 aliphatic carbocycles. The molecule has 26 heavy (non-hydrogen) atoms. The molecule has 4 nitrogen and oxygen atoms in total. The maximum absolute atomic E-state index is 12.5. The van der Waals surface area contributed by atoms with Crippen molar-refractivity contribution in [2.24, 2.45) is 4.99 Å². The summed E-state index contributed by atoms with van der Waals surface area (Å²) < 4.78 is 31.3. The van der Waals surface area contributed by atoms with Gasteiger partial charge in [0.1, 0.15) is 5.75 Å². The molecule has 1 heterocycles. The Morgan fingerprint density at radius 1 is 1.15 bits per heavy atom. The van der Waals surface area contributed by atoms with Crippen molar-refractivity contribution in [3.8, 4) is 5.75 Å². The molecule has 3 aromatic rings. The Kier molecular flexibility index (Phi) is 5.74. The van der Waals surface area contributed by atoms with E-state index in [2.05, 4.69) is 4.99 Å². The van der Waals surface area contributed by atoms with Gasteiger partial charge >= 0.3 is 0 Å². The molecular formula is C20H21NO3S2. The second kappa shape index (κ2) is 8.01. The van der Waals surface area contributed by atoms with E-state index >= 15 is 0 Å². The summed E-state index contributed by atoms with van der Waals surface area (Å²) in [4.78, 5) is 4.38. The van der Waals surface area contributed by atoms with Crippen molar-refractivity contribution in [2.45, 2.75) is 18.7 Å². The molecule has 0 bridgehead atoms. The highest BCUT2D eigenvalue weighted by molar-refractivity contribution is 7.90. The van der Waals surface area contributed by atoms with E-state index in [0.717, 1.165) is 22.3 Å². The van der Waals surface area contributed by atoms with Gasteiger partial charge in [-0.15, -0.1) is 11.3 Å². The van der Waals surface area contributed by atoms with Gasteiger partial charge in [0.15, 0.2) is 9.84 Å². The van der Waals surface area contributed by atoms with Crippen LogP contribution in [0, 0.1) is 0 Å². The Morgan fingerprint density at radius 3 is 2.65 bits per heavy atom. The van der Waals surface area contributed by atoms with E-state index in [1.807, 2.05) is 60.8 Å². The quantitative estimate of drug-likeness (QED) is 0.567. The van der Waals surface area contributed by atoms with E-state index < -0.39 is 9.84 Å². The van der Waals surface area contributed by atoms with Gasteiger partial charge < -0.3 is 4.74 Å². The number of ether oxygens (including phenoxy) is 1. The second-order valence-electron chi connectivity index (χ2n) is 6.25. The van der Waals surface area contributed by atoms with Crippen LogP contribution in [-0.2, 0) is 15.6 Å². The maximum Gasteiger partial charge on any atom is 0.156 e. The third-order valence-corrected chi connectivity index (χ3v) is 6.65. The number of aliphatic imine (C=N–C) groups is 1. The molecule has 1 atom stereocenters. The molecule has 0 saturated heterocycles. The van der Waals surface area contributed by atoms with Crippen molar-refractivity contribution >= 4 is 37.5 Å². The Balaban J connectivity index is 1.62. The van der Waals surface area contributed by atoms with Crippen molar-refractivity contribution in [3.63, 3.8) is 0 Å². The summed E-state index contributed by atoms with van der Waals surface area (Å²) in [7, 11) is -1.61. The minimum Gasteiger partial charge on any atom is -0.497 e. The van der Waals surface area contributed by atoms with Gasteiger partial charge in [-0.2, -0.15) is 0 Å². The monoisotopic (exact) mass is 387 g/mol. The number of benzene rings is 2. The highest BCUT2D eigenvalue weighted by Crippen LogP contribution is 2.23. The third kappa shape index (κ3) is 4.93. The van der Waals surface area contributed by atoms with E-state index in [1.54, 1.807) is 24.7 Å². The summed E-state index contributed by atoms with van der Waals surface area (Å²) in [6.45, 7) is 1.82. The molecule has 2 aromatic carbocycles. The van der Waals surface area contributed by atoms with Crippen molar-refractivity contribution in [3.05, 3.63) is 65.0 Å². The van der Waals surface area contributed by atoms with Gasteiger partial charge in [0.05, 0.1) is 24.7 Å². The number of fused-ring (bicyclic) bond motifs is 1. The van der Waals surface area contributed by atoms with Gasteiger partial charge in [-0.25, -0.2) is 8.42 Å². The smallest absolute Gasteiger partial charge is 0.156 e. The number of rotatable bonds is 7. The van der Waals surface area contributed by atoms with Crippen molar-refractivity contribution in [1.29, 1.82) is 0 Å². The molecule has 0 aliphatic rings. The molecule has 0 fully saturated rings.